The van der Waals surface area contributed by atoms with Crippen LogP contribution < -0.4 is 10.1 Å². The molecule has 0 amide bonds. The third-order valence-corrected chi connectivity index (χ3v) is 3.05. The van der Waals surface area contributed by atoms with Crippen LogP contribution in [0.1, 0.15) is 25.8 Å². The van der Waals surface area contributed by atoms with Crippen molar-refractivity contribution in [1.29, 1.82) is 0 Å². The SMILES string of the molecule is C=CCc1ccccc1OCC(O)CNCCC(C)C. The molecule has 0 spiro atoms. The van der Waals surface area contributed by atoms with Crippen LogP contribution in [0.25, 0.3) is 0 Å². The number of benzene rings is 1. The number of ether oxygens (including phenoxy) is 1. The maximum absolute atomic E-state index is 9.89. The van der Waals surface area contributed by atoms with E-state index in [2.05, 4.69) is 25.7 Å². The minimum absolute atomic E-state index is 0.308. The minimum atomic E-state index is -0.487. The molecule has 0 bridgehead atoms. The van der Waals surface area contributed by atoms with Gasteiger partial charge in [0, 0.05) is 6.54 Å². The second kappa shape index (κ2) is 9.56. The molecule has 2 N–H and O–H groups in total. The Balaban J connectivity index is 2.30. The topological polar surface area (TPSA) is 41.5 Å². The van der Waals surface area contributed by atoms with Crippen LogP contribution in [0.15, 0.2) is 36.9 Å². The van der Waals surface area contributed by atoms with Crippen LogP contribution in [0.5, 0.6) is 5.75 Å². The molecule has 0 fully saturated rings. The van der Waals surface area contributed by atoms with Crippen molar-refractivity contribution in [2.75, 3.05) is 19.7 Å². The molecule has 3 nitrogen and oxygen atoms in total. The number of rotatable bonds is 10. The number of hydrogen-bond donors (Lipinski definition) is 2. The maximum atomic E-state index is 9.89. The van der Waals surface area contributed by atoms with Crippen molar-refractivity contribution < 1.29 is 9.84 Å². The van der Waals surface area contributed by atoms with Gasteiger partial charge in [-0.05, 0) is 36.9 Å². The van der Waals surface area contributed by atoms with Crippen LogP contribution >= 0.6 is 0 Å². The van der Waals surface area contributed by atoms with Gasteiger partial charge in [-0.15, -0.1) is 6.58 Å². The minimum Gasteiger partial charge on any atom is -0.491 e. The Hall–Kier alpha value is -1.32. The van der Waals surface area contributed by atoms with Crippen molar-refractivity contribution in [3.63, 3.8) is 0 Å². The molecular formula is C17H27NO2. The number of nitrogens with one attached hydrogen (secondary N) is 1. The molecule has 0 aliphatic rings. The first kappa shape index (κ1) is 16.7. The van der Waals surface area contributed by atoms with Gasteiger partial charge >= 0.3 is 0 Å². The molecule has 0 aliphatic carbocycles. The molecule has 0 heterocycles. The molecule has 1 aromatic carbocycles. The summed E-state index contributed by atoms with van der Waals surface area (Å²) in [5, 5.41) is 13.1. The molecule has 1 rings (SSSR count). The smallest absolute Gasteiger partial charge is 0.122 e. The third kappa shape index (κ3) is 6.73. The summed E-state index contributed by atoms with van der Waals surface area (Å²) in [5.41, 5.74) is 1.10. The zero-order valence-electron chi connectivity index (χ0n) is 12.6. The number of hydrogen-bond acceptors (Lipinski definition) is 3. The Bertz CT molecular complexity index is 390. The average molecular weight is 277 g/mol. The third-order valence-electron chi connectivity index (χ3n) is 3.05. The Kier molecular flexibility index (Phi) is 8.00. The Morgan fingerprint density at radius 2 is 2.10 bits per heavy atom. The van der Waals surface area contributed by atoms with E-state index in [4.69, 9.17) is 4.74 Å². The predicted molar refractivity (Wildman–Crippen MR) is 84.2 cm³/mol. The van der Waals surface area contributed by atoms with Crippen LogP contribution in [-0.4, -0.2) is 30.9 Å². The van der Waals surface area contributed by atoms with Gasteiger partial charge in [-0.3, -0.25) is 0 Å². The van der Waals surface area contributed by atoms with Gasteiger partial charge in [0.25, 0.3) is 0 Å². The van der Waals surface area contributed by atoms with Crippen molar-refractivity contribution in [2.24, 2.45) is 5.92 Å². The van der Waals surface area contributed by atoms with E-state index in [9.17, 15) is 5.11 Å². The number of allylic oxidation sites excluding steroid dienone is 1. The first-order valence-corrected chi connectivity index (χ1v) is 7.33. The van der Waals surface area contributed by atoms with E-state index in [0.717, 1.165) is 30.7 Å². The molecule has 112 valence electrons. The van der Waals surface area contributed by atoms with Crippen molar-refractivity contribution in [2.45, 2.75) is 32.8 Å². The molecule has 0 aromatic heterocycles. The maximum Gasteiger partial charge on any atom is 0.122 e. The molecule has 0 radical (unpaired) electrons. The zero-order valence-corrected chi connectivity index (χ0v) is 12.6. The van der Waals surface area contributed by atoms with E-state index in [-0.39, 0.29) is 0 Å². The molecule has 1 aromatic rings. The molecule has 0 aliphatic heterocycles. The van der Waals surface area contributed by atoms with Crippen molar-refractivity contribution >= 4 is 0 Å². The van der Waals surface area contributed by atoms with E-state index < -0.39 is 6.10 Å². The van der Waals surface area contributed by atoms with Crippen LogP contribution in [0.2, 0.25) is 0 Å². The normalized spacial score (nSPS) is 12.4. The first-order valence-electron chi connectivity index (χ1n) is 7.33. The van der Waals surface area contributed by atoms with E-state index in [1.54, 1.807) is 0 Å². The predicted octanol–water partition coefficient (Wildman–Crippen LogP) is 2.79. The largest absolute Gasteiger partial charge is 0.491 e. The van der Waals surface area contributed by atoms with Gasteiger partial charge in [0.05, 0.1) is 0 Å². The van der Waals surface area contributed by atoms with Crippen molar-refractivity contribution in [1.82, 2.24) is 5.32 Å². The molecular weight excluding hydrogens is 250 g/mol. The van der Waals surface area contributed by atoms with Crippen LogP contribution in [0, 0.1) is 5.92 Å². The number of para-hydroxylation sites is 1. The van der Waals surface area contributed by atoms with E-state index in [1.807, 2.05) is 30.3 Å². The summed E-state index contributed by atoms with van der Waals surface area (Å²) in [5.74, 6) is 1.51. The number of aliphatic hydroxyl groups is 1. The second-order valence-electron chi connectivity index (χ2n) is 5.45. The molecule has 0 saturated heterocycles. The van der Waals surface area contributed by atoms with E-state index in [1.165, 1.54) is 0 Å². The van der Waals surface area contributed by atoms with Gasteiger partial charge < -0.3 is 15.2 Å². The number of aliphatic hydroxyl groups excluding tert-OH is 1. The summed E-state index contributed by atoms with van der Waals surface area (Å²) in [7, 11) is 0. The molecule has 20 heavy (non-hydrogen) atoms. The highest BCUT2D eigenvalue weighted by Gasteiger charge is 2.07. The van der Waals surface area contributed by atoms with Crippen LogP contribution in [0.3, 0.4) is 0 Å². The molecule has 0 saturated carbocycles. The zero-order chi connectivity index (χ0) is 14.8. The fourth-order valence-corrected chi connectivity index (χ4v) is 1.87. The lowest BCUT2D eigenvalue weighted by Crippen LogP contribution is -2.32. The average Bonchev–Trinajstić information content (AvgIpc) is 2.43. The van der Waals surface area contributed by atoms with Crippen molar-refractivity contribution in [3.05, 3.63) is 42.5 Å². The lowest BCUT2D eigenvalue weighted by Gasteiger charge is -2.15. The summed E-state index contributed by atoms with van der Waals surface area (Å²) in [6, 6.07) is 7.87. The van der Waals surface area contributed by atoms with Crippen LogP contribution in [0.4, 0.5) is 0 Å². The summed E-state index contributed by atoms with van der Waals surface area (Å²) in [6.45, 7) is 9.93. The van der Waals surface area contributed by atoms with E-state index in [0.29, 0.717) is 19.1 Å². The Labute approximate surface area is 122 Å². The van der Waals surface area contributed by atoms with Crippen molar-refractivity contribution in [3.8, 4) is 5.75 Å². The van der Waals surface area contributed by atoms with Gasteiger partial charge in [-0.25, -0.2) is 0 Å². The summed E-state index contributed by atoms with van der Waals surface area (Å²) in [4.78, 5) is 0. The lowest BCUT2D eigenvalue weighted by atomic mass is 10.1. The van der Waals surface area contributed by atoms with E-state index >= 15 is 0 Å². The summed E-state index contributed by atoms with van der Waals surface area (Å²) < 4.78 is 5.69. The summed E-state index contributed by atoms with van der Waals surface area (Å²) in [6.07, 6.45) is 3.26. The standard InChI is InChI=1S/C17H27NO2/c1-4-7-15-8-5-6-9-17(15)20-13-16(19)12-18-11-10-14(2)3/h4-6,8-9,14,16,18-19H,1,7,10-13H2,2-3H3. The highest BCUT2D eigenvalue weighted by Crippen LogP contribution is 2.18. The van der Waals surface area contributed by atoms with Gasteiger partial charge in [0.1, 0.15) is 18.5 Å². The monoisotopic (exact) mass is 277 g/mol. The second-order valence-corrected chi connectivity index (χ2v) is 5.45. The molecule has 3 heteroatoms. The Morgan fingerprint density at radius 1 is 1.35 bits per heavy atom. The molecule has 1 unspecified atom stereocenters. The first-order chi connectivity index (χ1) is 9.63. The van der Waals surface area contributed by atoms with Gasteiger partial charge in [0.2, 0.25) is 0 Å². The highest BCUT2D eigenvalue weighted by atomic mass is 16.5. The summed E-state index contributed by atoms with van der Waals surface area (Å²) >= 11 is 0. The lowest BCUT2D eigenvalue weighted by molar-refractivity contribution is 0.106. The Morgan fingerprint density at radius 3 is 2.80 bits per heavy atom. The van der Waals surface area contributed by atoms with Gasteiger partial charge in [-0.2, -0.15) is 0 Å². The van der Waals surface area contributed by atoms with Gasteiger partial charge in [-0.1, -0.05) is 38.1 Å². The fraction of sp³-hybridized carbons (Fsp3) is 0.529. The molecule has 1 atom stereocenters. The quantitative estimate of drug-likeness (QED) is 0.510. The van der Waals surface area contributed by atoms with Crippen LogP contribution in [-0.2, 0) is 6.42 Å². The van der Waals surface area contributed by atoms with Gasteiger partial charge in [0.15, 0.2) is 0 Å². The highest BCUT2D eigenvalue weighted by molar-refractivity contribution is 5.34. The fourth-order valence-electron chi connectivity index (χ4n) is 1.87.